The van der Waals surface area contributed by atoms with Crippen molar-refractivity contribution in [1.29, 1.82) is 0 Å². The molecular weight excluding hydrogens is 316 g/mol. The number of carbonyl (C=O) groups is 1. The number of amides is 1. The van der Waals surface area contributed by atoms with Gasteiger partial charge in [0.15, 0.2) is 0 Å². The molecule has 1 aromatic rings. The van der Waals surface area contributed by atoms with Crippen molar-refractivity contribution in [2.24, 2.45) is 0 Å². The molecular formula is C17H25ClN2O3. The van der Waals surface area contributed by atoms with Gasteiger partial charge in [-0.2, -0.15) is 0 Å². The fourth-order valence-corrected chi connectivity index (χ4v) is 2.85. The number of nitrogens with zero attached hydrogens (tertiary/aromatic N) is 1. The maximum absolute atomic E-state index is 11.8. The van der Waals surface area contributed by atoms with Gasteiger partial charge in [0.05, 0.1) is 6.10 Å². The first kappa shape index (κ1) is 18.0. The van der Waals surface area contributed by atoms with Crippen LogP contribution in [-0.2, 0) is 4.74 Å². The summed E-state index contributed by atoms with van der Waals surface area (Å²) in [4.78, 5) is 13.9. The van der Waals surface area contributed by atoms with E-state index in [0.29, 0.717) is 18.1 Å². The number of carbonyl (C=O) groups excluding carboxylic acids is 1. The second kappa shape index (κ2) is 7.51. The van der Waals surface area contributed by atoms with Crippen LogP contribution in [0.3, 0.4) is 0 Å². The van der Waals surface area contributed by atoms with Crippen molar-refractivity contribution < 1.29 is 14.6 Å². The van der Waals surface area contributed by atoms with E-state index in [2.05, 4.69) is 10.2 Å². The van der Waals surface area contributed by atoms with Gasteiger partial charge in [-0.05, 0) is 44.9 Å². The van der Waals surface area contributed by atoms with E-state index < -0.39 is 11.7 Å². The number of benzene rings is 1. The molecule has 1 heterocycles. The van der Waals surface area contributed by atoms with Gasteiger partial charge in [-0.1, -0.05) is 23.7 Å². The smallest absolute Gasteiger partial charge is 0.407 e. The summed E-state index contributed by atoms with van der Waals surface area (Å²) in [5.41, 5.74) is 0.312. The fraction of sp³-hybridized carbons (Fsp3) is 0.588. The molecule has 1 fully saturated rings. The highest BCUT2D eigenvalue weighted by molar-refractivity contribution is 6.30. The lowest BCUT2D eigenvalue weighted by Crippen LogP contribution is -2.40. The molecule has 6 heteroatoms. The Morgan fingerprint density at radius 1 is 1.52 bits per heavy atom. The predicted octanol–water partition coefficient (Wildman–Crippen LogP) is 2.97. The quantitative estimate of drug-likeness (QED) is 0.884. The molecule has 128 valence electrons. The Hall–Kier alpha value is -1.30. The van der Waals surface area contributed by atoms with E-state index in [1.165, 1.54) is 0 Å². The Morgan fingerprint density at radius 3 is 2.91 bits per heavy atom. The third-order valence-corrected chi connectivity index (χ3v) is 3.89. The van der Waals surface area contributed by atoms with Crippen molar-refractivity contribution in [3.05, 3.63) is 34.9 Å². The molecule has 1 amide bonds. The maximum atomic E-state index is 11.8. The van der Waals surface area contributed by atoms with Crippen molar-refractivity contribution in [2.45, 2.75) is 44.9 Å². The van der Waals surface area contributed by atoms with Crippen molar-refractivity contribution >= 4 is 17.7 Å². The Labute approximate surface area is 142 Å². The lowest BCUT2D eigenvalue weighted by molar-refractivity contribution is 0.0504. The molecule has 0 aliphatic carbocycles. The second-order valence-electron chi connectivity index (χ2n) is 6.96. The lowest BCUT2D eigenvalue weighted by atomic mass is 10.1. The number of likely N-dealkylation sites (tertiary alicyclic amines) is 1. The number of hydrogen-bond acceptors (Lipinski definition) is 4. The largest absolute Gasteiger partial charge is 0.444 e. The number of aliphatic hydroxyl groups is 1. The molecule has 2 N–H and O–H groups in total. The SMILES string of the molecule is CC(C)(C)OC(=O)NC1CCN(CC(O)c2cccc(Cl)c2)C1. The van der Waals surface area contributed by atoms with Crippen LogP contribution in [-0.4, -0.2) is 47.4 Å². The van der Waals surface area contributed by atoms with Crippen LogP contribution in [0.5, 0.6) is 0 Å². The molecule has 1 aromatic carbocycles. The van der Waals surface area contributed by atoms with Gasteiger partial charge in [-0.15, -0.1) is 0 Å². The van der Waals surface area contributed by atoms with Crippen LogP contribution >= 0.6 is 11.6 Å². The third-order valence-electron chi connectivity index (χ3n) is 3.66. The minimum Gasteiger partial charge on any atom is -0.444 e. The lowest BCUT2D eigenvalue weighted by Gasteiger charge is -2.23. The summed E-state index contributed by atoms with van der Waals surface area (Å²) in [7, 11) is 0. The average molecular weight is 341 g/mol. The summed E-state index contributed by atoms with van der Waals surface area (Å²) in [6.45, 7) is 7.58. The Kier molecular flexibility index (Phi) is 5.89. The molecule has 2 rings (SSSR count). The monoisotopic (exact) mass is 340 g/mol. The second-order valence-corrected chi connectivity index (χ2v) is 7.40. The summed E-state index contributed by atoms with van der Waals surface area (Å²) in [5, 5.41) is 13.8. The van der Waals surface area contributed by atoms with E-state index in [4.69, 9.17) is 16.3 Å². The molecule has 2 unspecified atom stereocenters. The minimum atomic E-state index is -0.589. The number of aliphatic hydroxyl groups excluding tert-OH is 1. The van der Waals surface area contributed by atoms with Gasteiger partial charge in [-0.25, -0.2) is 4.79 Å². The van der Waals surface area contributed by atoms with E-state index >= 15 is 0 Å². The van der Waals surface area contributed by atoms with Gasteiger partial charge >= 0.3 is 6.09 Å². The molecule has 0 spiro atoms. The van der Waals surface area contributed by atoms with Gasteiger partial charge in [0, 0.05) is 30.7 Å². The molecule has 5 nitrogen and oxygen atoms in total. The molecule has 2 atom stereocenters. The molecule has 1 saturated heterocycles. The van der Waals surface area contributed by atoms with E-state index in [-0.39, 0.29) is 12.1 Å². The molecule has 1 aliphatic heterocycles. The number of nitrogens with one attached hydrogen (secondary N) is 1. The van der Waals surface area contributed by atoms with Crippen LogP contribution < -0.4 is 5.32 Å². The number of rotatable bonds is 4. The van der Waals surface area contributed by atoms with E-state index in [1.807, 2.05) is 32.9 Å². The highest BCUT2D eigenvalue weighted by Gasteiger charge is 2.27. The first-order chi connectivity index (χ1) is 10.7. The predicted molar refractivity (Wildman–Crippen MR) is 90.6 cm³/mol. The zero-order chi connectivity index (χ0) is 17.0. The van der Waals surface area contributed by atoms with Crippen LogP contribution in [0, 0.1) is 0 Å². The van der Waals surface area contributed by atoms with Crippen molar-refractivity contribution in [1.82, 2.24) is 10.2 Å². The van der Waals surface area contributed by atoms with E-state index in [0.717, 1.165) is 18.5 Å². The first-order valence-corrected chi connectivity index (χ1v) is 8.26. The number of ether oxygens (including phenoxy) is 1. The molecule has 0 bridgehead atoms. The standard InChI is InChI=1S/C17H25ClN2O3/c1-17(2,3)23-16(22)19-14-7-8-20(10-14)11-15(21)12-5-4-6-13(18)9-12/h4-6,9,14-15,21H,7-8,10-11H2,1-3H3,(H,19,22). The Balaban J connectivity index is 1.80. The molecule has 0 radical (unpaired) electrons. The zero-order valence-corrected chi connectivity index (χ0v) is 14.6. The topological polar surface area (TPSA) is 61.8 Å². The van der Waals surface area contributed by atoms with Gasteiger partial charge in [0.1, 0.15) is 5.60 Å². The van der Waals surface area contributed by atoms with Gasteiger partial charge < -0.3 is 15.2 Å². The van der Waals surface area contributed by atoms with Crippen molar-refractivity contribution in [3.63, 3.8) is 0 Å². The number of hydrogen-bond donors (Lipinski definition) is 2. The van der Waals surface area contributed by atoms with Gasteiger partial charge in [0.2, 0.25) is 0 Å². The van der Waals surface area contributed by atoms with Crippen LogP contribution in [0.4, 0.5) is 4.79 Å². The van der Waals surface area contributed by atoms with Crippen molar-refractivity contribution in [2.75, 3.05) is 19.6 Å². The average Bonchev–Trinajstić information content (AvgIpc) is 2.83. The van der Waals surface area contributed by atoms with Gasteiger partial charge in [0.25, 0.3) is 0 Å². The molecule has 0 saturated carbocycles. The third kappa shape index (κ3) is 6.01. The Bertz CT molecular complexity index is 545. The maximum Gasteiger partial charge on any atom is 0.407 e. The zero-order valence-electron chi connectivity index (χ0n) is 13.9. The number of β-amino-alcohol motifs (C(OH)–C–C–N with tert-alkyl or cyclic N) is 1. The van der Waals surface area contributed by atoms with E-state index in [1.54, 1.807) is 12.1 Å². The van der Waals surface area contributed by atoms with Crippen LogP contribution in [0.25, 0.3) is 0 Å². The summed E-state index contributed by atoms with van der Waals surface area (Å²) >= 11 is 5.95. The van der Waals surface area contributed by atoms with Crippen LogP contribution in [0.2, 0.25) is 5.02 Å². The molecule has 23 heavy (non-hydrogen) atoms. The summed E-state index contributed by atoms with van der Waals surface area (Å²) in [6, 6.07) is 7.31. The van der Waals surface area contributed by atoms with Crippen LogP contribution in [0.15, 0.2) is 24.3 Å². The number of halogens is 1. The summed E-state index contributed by atoms with van der Waals surface area (Å²) in [6.07, 6.45) is -0.129. The molecule has 1 aliphatic rings. The number of alkyl carbamates (subject to hydrolysis) is 1. The van der Waals surface area contributed by atoms with Crippen LogP contribution in [0.1, 0.15) is 38.9 Å². The highest BCUT2D eigenvalue weighted by atomic mass is 35.5. The molecule has 0 aromatic heterocycles. The summed E-state index contributed by atoms with van der Waals surface area (Å²) in [5.74, 6) is 0. The fourth-order valence-electron chi connectivity index (χ4n) is 2.65. The highest BCUT2D eigenvalue weighted by Crippen LogP contribution is 2.20. The first-order valence-electron chi connectivity index (χ1n) is 7.88. The summed E-state index contributed by atoms with van der Waals surface area (Å²) < 4.78 is 5.27. The van der Waals surface area contributed by atoms with Gasteiger partial charge in [-0.3, -0.25) is 4.90 Å². The normalized spacial score (nSPS) is 20.3. The Morgan fingerprint density at radius 2 is 2.26 bits per heavy atom. The minimum absolute atomic E-state index is 0.0522. The van der Waals surface area contributed by atoms with E-state index in [9.17, 15) is 9.90 Å². The van der Waals surface area contributed by atoms with Crippen molar-refractivity contribution in [3.8, 4) is 0 Å².